The van der Waals surface area contributed by atoms with E-state index < -0.39 is 0 Å². The third-order valence-electron chi connectivity index (χ3n) is 3.96. The lowest BCUT2D eigenvalue weighted by Crippen LogP contribution is -2.26. The van der Waals surface area contributed by atoms with Gasteiger partial charge in [0.15, 0.2) is 0 Å². The molecule has 0 bridgehead atoms. The van der Waals surface area contributed by atoms with Crippen molar-refractivity contribution in [2.45, 2.75) is 45.6 Å². The number of carbonyl (C=O) groups excluding carboxylic acids is 1. The van der Waals surface area contributed by atoms with E-state index in [0.29, 0.717) is 19.4 Å². The van der Waals surface area contributed by atoms with Gasteiger partial charge in [0.1, 0.15) is 5.75 Å². The van der Waals surface area contributed by atoms with E-state index in [1.54, 1.807) is 0 Å². The minimum Gasteiger partial charge on any atom is -0.494 e. The highest BCUT2D eigenvalue weighted by Crippen LogP contribution is 2.14. The summed E-state index contributed by atoms with van der Waals surface area (Å²) in [5, 5.41) is 3.02. The van der Waals surface area contributed by atoms with E-state index in [-0.39, 0.29) is 11.9 Å². The molecule has 0 aliphatic rings. The molecule has 1 amide bonds. The van der Waals surface area contributed by atoms with Gasteiger partial charge in [0.05, 0.1) is 12.6 Å². The first kappa shape index (κ1) is 18.1. The van der Waals surface area contributed by atoms with Crippen LogP contribution in [0, 0.1) is 0 Å². The topological polar surface area (TPSA) is 38.3 Å². The van der Waals surface area contributed by atoms with Crippen LogP contribution in [0.4, 0.5) is 0 Å². The summed E-state index contributed by atoms with van der Waals surface area (Å²) in [6.07, 6.45) is 3.44. The molecule has 1 unspecified atom stereocenters. The molecule has 3 heteroatoms. The van der Waals surface area contributed by atoms with Crippen LogP contribution in [0.1, 0.15) is 50.3 Å². The smallest absolute Gasteiger partial charge is 0.220 e. The Bertz CT molecular complexity index is 607. The lowest BCUT2D eigenvalue weighted by molar-refractivity contribution is -0.121. The summed E-state index contributed by atoms with van der Waals surface area (Å²) in [6.45, 7) is 4.73. The molecule has 0 saturated carbocycles. The summed E-state index contributed by atoms with van der Waals surface area (Å²) < 4.78 is 5.70. The molecular weight excluding hydrogens is 298 g/mol. The fourth-order valence-corrected chi connectivity index (χ4v) is 2.60. The maximum Gasteiger partial charge on any atom is 0.220 e. The average molecular weight is 325 g/mol. The van der Waals surface area contributed by atoms with Crippen molar-refractivity contribution in [2.24, 2.45) is 0 Å². The molecule has 2 aromatic carbocycles. The number of rotatable bonds is 9. The predicted molar refractivity (Wildman–Crippen MR) is 98.2 cm³/mol. The molecule has 2 aromatic rings. The number of aryl methyl sites for hydroxylation is 1. The minimum absolute atomic E-state index is 0.0331. The molecule has 0 aliphatic carbocycles. The maximum atomic E-state index is 12.0. The fraction of sp³-hybridized carbons (Fsp3) is 0.381. The van der Waals surface area contributed by atoms with Crippen molar-refractivity contribution in [1.82, 2.24) is 5.32 Å². The van der Waals surface area contributed by atoms with Crippen molar-refractivity contribution in [2.75, 3.05) is 6.61 Å². The van der Waals surface area contributed by atoms with Crippen LogP contribution in [0.25, 0.3) is 0 Å². The van der Waals surface area contributed by atoms with Gasteiger partial charge >= 0.3 is 0 Å². The third-order valence-corrected chi connectivity index (χ3v) is 3.96. The largest absolute Gasteiger partial charge is 0.494 e. The average Bonchev–Trinajstić information content (AvgIpc) is 2.61. The van der Waals surface area contributed by atoms with Gasteiger partial charge in [0.2, 0.25) is 5.91 Å². The standard InChI is InChI=1S/C21H27NO2/c1-3-8-18-12-14-20(15-13-18)24-16-7-11-21(23)22-17(2)19-9-5-4-6-10-19/h4-6,9-10,12-15,17H,3,7-8,11,16H2,1-2H3,(H,22,23). The quantitative estimate of drug-likeness (QED) is 0.680. The number of nitrogens with one attached hydrogen (secondary N) is 1. The van der Waals surface area contributed by atoms with Gasteiger partial charge in [0.25, 0.3) is 0 Å². The molecule has 0 aromatic heterocycles. The molecule has 0 saturated heterocycles. The van der Waals surface area contributed by atoms with Crippen molar-refractivity contribution in [3.63, 3.8) is 0 Å². The SMILES string of the molecule is CCCc1ccc(OCCCC(=O)NC(C)c2ccccc2)cc1. The normalized spacial score (nSPS) is 11.8. The molecule has 0 fully saturated rings. The summed E-state index contributed by atoms with van der Waals surface area (Å²) in [7, 11) is 0. The van der Waals surface area contributed by atoms with Gasteiger partial charge in [-0.15, -0.1) is 0 Å². The van der Waals surface area contributed by atoms with Crippen molar-refractivity contribution in [3.05, 3.63) is 65.7 Å². The molecule has 3 nitrogen and oxygen atoms in total. The van der Waals surface area contributed by atoms with Crippen molar-refractivity contribution in [3.8, 4) is 5.75 Å². The summed E-state index contributed by atoms with van der Waals surface area (Å²) in [6, 6.07) is 18.2. The lowest BCUT2D eigenvalue weighted by Gasteiger charge is -2.14. The highest BCUT2D eigenvalue weighted by molar-refractivity contribution is 5.76. The van der Waals surface area contributed by atoms with Gasteiger partial charge in [-0.1, -0.05) is 55.8 Å². The highest BCUT2D eigenvalue weighted by Gasteiger charge is 2.08. The van der Waals surface area contributed by atoms with Crippen LogP contribution in [-0.2, 0) is 11.2 Å². The van der Waals surface area contributed by atoms with Gasteiger partial charge in [0, 0.05) is 6.42 Å². The maximum absolute atomic E-state index is 12.0. The van der Waals surface area contributed by atoms with E-state index in [1.807, 2.05) is 49.4 Å². The van der Waals surface area contributed by atoms with E-state index in [2.05, 4.69) is 24.4 Å². The Hall–Kier alpha value is -2.29. The second-order valence-corrected chi connectivity index (χ2v) is 6.05. The fourth-order valence-electron chi connectivity index (χ4n) is 2.60. The second kappa shape index (κ2) is 9.76. The van der Waals surface area contributed by atoms with Crippen LogP contribution in [0.15, 0.2) is 54.6 Å². The van der Waals surface area contributed by atoms with Gasteiger partial charge in [-0.05, 0) is 43.0 Å². The zero-order valence-electron chi connectivity index (χ0n) is 14.6. The Morgan fingerprint density at radius 1 is 1.08 bits per heavy atom. The zero-order chi connectivity index (χ0) is 17.2. The molecule has 0 spiro atoms. The Labute approximate surface area is 145 Å². The summed E-state index contributed by atoms with van der Waals surface area (Å²) in [5.41, 5.74) is 2.45. The van der Waals surface area contributed by atoms with Crippen LogP contribution in [-0.4, -0.2) is 12.5 Å². The number of amides is 1. The second-order valence-electron chi connectivity index (χ2n) is 6.05. The number of ether oxygens (including phenoxy) is 1. The summed E-state index contributed by atoms with van der Waals surface area (Å²) >= 11 is 0. The molecule has 0 heterocycles. The first-order chi connectivity index (χ1) is 11.7. The van der Waals surface area contributed by atoms with Crippen LogP contribution in [0.2, 0.25) is 0 Å². The van der Waals surface area contributed by atoms with Crippen molar-refractivity contribution < 1.29 is 9.53 Å². The Kier molecular flexibility index (Phi) is 7.34. The van der Waals surface area contributed by atoms with E-state index in [9.17, 15) is 4.79 Å². The predicted octanol–water partition coefficient (Wildman–Crippen LogP) is 4.68. The van der Waals surface area contributed by atoms with Crippen LogP contribution in [0.5, 0.6) is 5.75 Å². The van der Waals surface area contributed by atoms with Gasteiger partial charge in [-0.3, -0.25) is 4.79 Å². The number of carbonyl (C=O) groups is 1. The monoisotopic (exact) mass is 325 g/mol. The molecular formula is C21H27NO2. The van der Waals surface area contributed by atoms with Crippen LogP contribution < -0.4 is 10.1 Å². The minimum atomic E-state index is 0.0331. The Balaban J connectivity index is 1.65. The number of benzene rings is 2. The van der Waals surface area contributed by atoms with E-state index in [1.165, 1.54) is 5.56 Å². The third kappa shape index (κ3) is 6.07. The molecule has 1 atom stereocenters. The van der Waals surface area contributed by atoms with E-state index >= 15 is 0 Å². The van der Waals surface area contributed by atoms with Crippen molar-refractivity contribution in [1.29, 1.82) is 0 Å². The summed E-state index contributed by atoms with van der Waals surface area (Å²) in [4.78, 5) is 12.0. The van der Waals surface area contributed by atoms with Gasteiger partial charge in [-0.2, -0.15) is 0 Å². The van der Waals surface area contributed by atoms with E-state index in [4.69, 9.17) is 4.74 Å². The molecule has 0 radical (unpaired) electrons. The zero-order valence-corrected chi connectivity index (χ0v) is 14.6. The molecule has 1 N–H and O–H groups in total. The molecule has 0 aliphatic heterocycles. The lowest BCUT2D eigenvalue weighted by atomic mass is 10.1. The highest BCUT2D eigenvalue weighted by atomic mass is 16.5. The van der Waals surface area contributed by atoms with Crippen LogP contribution in [0.3, 0.4) is 0 Å². The number of hydrogen-bond donors (Lipinski definition) is 1. The van der Waals surface area contributed by atoms with Gasteiger partial charge in [-0.25, -0.2) is 0 Å². The first-order valence-corrected chi connectivity index (χ1v) is 8.75. The summed E-state index contributed by atoms with van der Waals surface area (Å²) in [5.74, 6) is 0.932. The van der Waals surface area contributed by atoms with Crippen LogP contribution >= 0.6 is 0 Å². The van der Waals surface area contributed by atoms with Crippen molar-refractivity contribution >= 4 is 5.91 Å². The molecule has 24 heavy (non-hydrogen) atoms. The first-order valence-electron chi connectivity index (χ1n) is 8.75. The van der Waals surface area contributed by atoms with E-state index in [0.717, 1.165) is 24.2 Å². The Morgan fingerprint density at radius 3 is 2.46 bits per heavy atom. The Morgan fingerprint density at radius 2 is 1.79 bits per heavy atom. The van der Waals surface area contributed by atoms with Gasteiger partial charge < -0.3 is 10.1 Å². The number of hydrogen-bond acceptors (Lipinski definition) is 2. The molecule has 128 valence electrons. The molecule has 2 rings (SSSR count).